The van der Waals surface area contributed by atoms with E-state index in [-0.39, 0.29) is 17.7 Å². The predicted molar refractivity (Wildman–Crippen MR) is 63.7 cm³/mol. The molecule has 1 saturated heterocycles. The number of carbonyl (C=O) groups excluding carboxylic acids is 2. The molecule has 1 aromatic heterocycles. The molecule has 0 aromatic carbocycles. The number of carbonyl (C=O) groups is 2. The van der Waals surface area contributed by atoms with Gasteiger partial charge in [-0.15, -0.1) is 5.10 Å². The lowest BCUT2D eigenvalue weighted by Gasteiger charge is -2.12. The zero-order valence-electron chi connectivity index (χ0n) is 11.0. The molecule has 1 atom stereocenters. The van der Waals surface area contributed by atoms with Crippen molar-refractivity contribution in [1.82, 2.24) is 20.3 Å². The van der Waals surface area contributed by atoms with Gasteiger partial charge in [-0.1, -0.05) is 19.1 Å². The van der Waals surface area contributed by atoms with E-state index in [4.69, 9.17) is 4.74 Å². The topological polar surface area (TPSA) is 95.3 Å². The van der Waals surface area contributed by atoms with Crippen molar-refractivity contribution in [3.8, 4) is 0 Å². The zero-order chi connectivity index (χ0) is 14.0. The molecule has 0 spiro atoms. The summed E-state index contributed by atoms with van der Waals surface area (Å²) < 4.78 is 11.3. The third-order valence-electron chi connectivity index (χ3n) is 2.82. The predicted octanol–water partition coefficient (Wildman–Crippen LogP) is 0.296. The van der Waals surface area contributed by atoms with Crippen LogP contribution in [0.2, 0.25) is 0 Å². The molecule has 1 unspecified atom stereocenters. The Hall–Kier alpha value is -2.12. The summed E-state index contributed by atoms with van der Waals surface area (Å²) in [6, 6.07) is 0. The van der Waals surface area contributed by atoms with Crippen LogP contribution in [0.15, 0.2) is 0 Å². The number of hydrogen-bond donors (Lipinski definition) is 1. The number of nitrogens with zero attached hydrogens (tertiary/aromatic N) is 3. The van der Waals surface area contributed by atoms with Crippen LogP contribution in [-0.2, 0) is 16.0 Å². The van der Waals surface area contributed by atoms with Crippen LogP contribution in [-0.4, -0.2) is 46.8 Å². The molecule has 2 rings (SSSR count). The van der Waals surface area contributed by atoms with Crippen LogP contribution < -0.4 is 5.32 Å². The van der Waals surface area contributed by atoms with Crippen LogP contribution in [0.5, 0.6) is 0 Å². The van der Waals surface area contributed by atoms with Gasteiger partial charge in [-0.25, -0.2) is 14.3 Å². The van der Waals surface area contributed by atoms with Crippen molar-refractivity contribution in [1.29, 1.82) is 0 Å². The van der Waals surface area contributed by atoms with Gasteiger partial charge in [0.2, 0.25) is 0 Å². The lowest BCUT2D eigenvalue weighted by atomic mass is 10.1. The molecule has 1 aliphatic heterocycles. The molecule has 19 heavy (non-hydrogen) atoms. The Morgan fingerprint density at radius 1 is 1.63 bits per heavy atom. The Balaban J connectivity index is 2.23. The molecule has 1 aromatic rings. The maximum Gasteiger partial charge on any atom is 0.407 e. The lowest BCUT2D eigenvalue weighted by molar-refractivity contribution is 0.0591. The minimum atomic E-state index is -0.517. The first kappa shape index (κ1) is 13.3. The van der Waals surface area contributed by atoms with E-state index in [1.807, 2.05) is 13.8 Å². The minimum Gasteiger partial charge on any atom is -0.464 e. The Labute approximate surface area is 110 Å². The number of methoxy groups -OCH3 is 1. The molecule has 0 aliphatic carbocycles. The Bertz CT molecular complexity index is 497. The molecule has 104 valence electrons. The Kier molecular flexibility index (Phi) is 3.68. The number of ether oxygens (including phenoxy) is 2. The van der Waals surface area contributed by atoms with E-state index in [2.05, 4.69) is 20.4 Å². The maximum absolute atomic E-state index is 11.6. The van der Waals surface area contributed by atoms with Crippen molar-refractivity contribution >= 4 is 12.1 Å². The number of hydrogen-bond acceptors (Lipinski definition) is 6. The summed E-state index contributed by atoms with van der Waals surface area (Å²) in [6.07, 6.45) is -0.749. The van der Waals surface area contributed by atoms with E-state index in [0.717, 1.165) is 0 Å². The van der Waals surface area contributed by atoms with Crippen molar-refractivity contribution in [2.24, 2.45) is 0 Å². The molecular formula is C11H16N4O4. The largest absolute Gasteiger partial charge is 0.464 e. The van der Waals surface area contributed by atoms with Gasteiger partial charge in [-0.3, -0.25) is 0 Å². The van der Waals surface area contributed by atoms with Gasteiger partial charge in [0.1, 0.15) is 6.10 Å². The van der Waals surface area contributed by atoms with Crippen LogP contribution in [0.4, 0.5) is 4.79 Å². The monoisotopic (exact) mass is 268 g/mol. The van der Waals surface area contributed by atoms with E-state index in [0.29, 0.717) is 18.8 Å². The number of rotatable bonds is 4. The zero-order valence-corrected chi connectivity index (χ0v) is 11.0. The van der Waals surface area contributed by atoms with Gasteiger partial charge in [0, 0.05) is 0 Å². The normalized spacial score (nSPS) is 18.3. The standard InChI is InChI=1S/C11H16N4O4/c1-6(2)9-8(10(16)18-3)13-14-15(9)5-7-4-12-11(17)19-7/h6-7H,4-5H2,1-3H3,(H,12,17). The van der Waals surface area contributed by atoms with E-state index in [9.17, 15) is 9.59 Å². The van der Waals surface area contributed by atoms with Gasteiger partial charge in [0.25, 0.3) is 0 Å². The molecule has 8 nitrogen and oxygen atoms in total. The third kappa shape index (κ3) is 2.67. The van der Waals surface area contributed by atoms with Gasteiger partial charge in [-0.2, -0.15) is 0 Å². The number of nitrogens with one attached hydrogen (secondary N) is 1. The second-order valence-corrected chi connectivity index (χ2v) is 4.56. The molecule has 8 heteroatoms. The number of alkyl carbamates (subject to hydrolysis) is 1. The van der Waals surface area contributed by atoms with Crippen molar-refractivity contribution in [3.05, 3.63) is 11.4 Å². The number of cyclic esters (lactones) is 1. The van der Waals surface area contributed by atoms with Crippen LogP contribution in [0, 0.1) is 0 Å². The molecule has 1 aliphatic rings. The summed E-state index contributed by atoms with van der Waals surface area (Å²) in [4.78, 5) is 22.6. The Morgan fingerprint density at radius 3 is 2.89 bits per heavy atom. The lowest BCUT2D eigenvalue weighted by Crippen LogP contribution is -2.23. The highest BCUT2D eigenvalue weighted by atomic mass is 16.6. The van der Waals surface area contributed by atoms with Crippen molar-refractivity contribution < 1.29 is 19.1 Å². The third-order valence-corrected chi connectivity index (χ3v) is 2.82. The van der Waals surface area contributed by atoms with E-state index in [1.165, 1.54) is 7.11 Å². The van der Waals surface area contributed by atoms with Crippen molar-refractivity contribution in [2.45, 2.75) is 32.4 Å². The minimum absolute atomic E-state index is 0.0502. The SMILES string of the molecule is COC(=O)c1nnn(CC2CNC(=O)O2)c1C(C)C. The first-order valence-electron chi connectivity index (χ1n) is 5.99. The van der Waals surface area contributed by atoms with Gasteiger partial charge in [0.05, 0.1) is 25.9 Å². The van der Waals surface area contributed by atoms with E-state index < -0.39 is 12.1 Å². The summed E-state index contributed by atoms with van der Waals surface area (Å²) in [5, 5.41) is 10.4. The number of aromatic nitrogens is 3. The molecule has 1 amide bonds. The summed E-state index contributed by atoms with van der Waals surface area (Å²) in [6.45, 7) is 4.64. The highest BCUT2D eigenvalue weighted by Gasteiger charge is 2.28. The summed E-state index contributed by atoms with van der Waals surface area (Å²) in [5.74, 6) is -0.467. The quantitative estimate of drug-likeness (QED) is 0.789. The fourth-order valence-corrected chi connectivity index (χ4v) is 2.00. The second-order valence-electron chi connectivity index (χ2n) is 4.56. The molecule has 0 saturated carbocycles. The van der Waals surface area contributed by atoms with Crippen LogP contribution in [0.1, 0.15) is 35.9 Å². The van der Waals surface area contributed by atoms with Crippen LogP contribution in [0.3, 0.4) is 0 Å². The molecular weight excluding hydrogens is 252 g/mol. The van der Waals surface area contributed by atoms with Crippen LogP contribution >= 0.6 is 0 Å². The van der Waals surface area contributed by atoms with Crippen molar-refractivity contribution in [3.63, 3.8) is 0 Å². The molecule has 0 radical (unpaired) electrons. The number of amides is 1. The molecule has 1 N–H and O–H groups in total. The molecule has 0 bridgehead atoms. The fourth-order valence-electron chi connectivity index (χ4n) is 2.00. The van der Waals surface area contributed by atoms with Gasteiger partial charge < -0.3 is 14.8 Å². The van der Waals surface area contributed by atoms with Gasteiger partial charge in [-0.05, 0) is 5.92 Å². The van der Waals surface area contributed by atoms with Crippen molar-refractivity contribution in [2.75, 3.05) is 13.7 Å². The van der Waals surface area contributed by atoms with Crippen LogP contribution in [0.25, 0.3) is 0 Å². The average molecular weight is 268 g/mol. The van der Waals surface area contributed by atoms with Gasteiger partial charge >= 0.3 is 12.1 Å². The highest BCUT2D eigenvalue weighted by Crippen LogP contribution is 2.19. The second kappa shape index (κ2) is 5.25. The first-order chi connectivity index (χ1) is 9.02. The summed E-state index contributed by atoms with van der Waals surface area (Å²) >= 11 is 0. The average Bonchev–Trinajstić information content (AvgIpc) is 2.95. The van der Waals surface area contributed by atoms with E-state index in [1.54, 1.807) is 4.68 Å². The summed E-state index contributed by atoms with van der Waals surface area (Å²) in [5.41, 5.74) is 0.879. The summed E-state index contributed by atoms with van der Waals surface area (Å²) in [7, 11) is 1.30. The maximum atomic E-state index is 11.6. The molecule has 2 heterocycles. The number of esters is 1. The first-order valence-corrected chi connectivity index (χ1v) is 5.99. The van der Waals surface area contributed by atoms with Gasteiger partial charge in [0.15, 0.2) is 5.69 Å². The highest BCUT2D eigenvalue weighted by molar-refractivity contribution is 5.88. The fraction of sp³-hybridized carbons (Fsp3) is 0.636. The Morgan fingerprint density at radius 2 is 2.37 bits per heavy atom. The smallest absolute Gasteiger partial charge is 0.407 e. The van der Waals surface area contributed by atoms with E-state index >= 15 is 0 Å². The molecule has 1 fully saturated rings.